The number of nitrogens with one attached hydrogen (secondary N) is 1. The summed E-state index contributed by atoms with van der Waals surface area (Å²) in [5, 5.41) is 6.01. The Bertz CT molecular complexity index is 422. The minimum absolute atomic E-state index is 0.337. The van der Waals surface area contributed by atoms with Crippen LogP contribution in [0, 0.1) is 0 Å². The molecule has 0 bridgehead atoms. The number of aromatic amines is 1. The molecule has 72 valence electrons. The molecule has 13 heavy (non-hydrogen) atoms. The van der Waals surface area contributed by atoms with Gasteiger partial charge in [0.2, 0.25) is 0 Å². The summed E-state index contributed by atoms with van der Waals surface area (Å²) in [6.45, 7) is 5.61. The highest BCUT2D eigenvalue weighted by Crippen LogP contribution is 2.14. The molecule has 1 aromatic heterocycles. The van der Waals surface area contributed by atoms with Crippen molar-refractivity contribution < 1.29 is 0 Å². The zero-order valence-electron chi connectivity index (χ0n) is 8.21. The van der Waals surface area contributed by atoms with Gasteiger partial charge in [-0.3, -0.25) is 9.36 Å². The first kappa shape index (κ1) is 9.70. The molecular weight excluding hydrogens is 170 g/mol. The summed E-state index contributed by atoms with van der Waals surface area (Å²) in [4.78, 5) is 22.5. The summed E-state index contributed by atoms with van der Waals surface area (Å²) in [5.41, 5.74) is -0.803. The highest BCUT2D eigenvalue weighted by molar-refractivity contribution is 5.06. The molecule has 0 fully saturated rings. The third-order valence-corrected chi connectivity index (χ3v) is 1.79. The molecule has 0 amide bonds. The topological polar surface area (TPSA) is 67.8 Å². The number of rotatable bonds is 0. The van der Waals surface area contributed by atoms with Crippen molar-refractivity contribution in [1.82, 2.24) is 14.8 Å². The number of hydrogen-bond acceptors (Lipinski definition) is 3. The van der Waals surface area contributed by atoms with Crippen molar-refractivity contribution in [1.29, 1.82) is 0 Å². The van der Waals surface area contributed by atoms with Crippen LogP contribution < -0.4 is 11.2 Å². The second-order valence-corrected chi connectivity index (χ2v) is 3.99. The van der Waals surface area contributed by atoms with Gasteiger partial charge in [0, 0.05) is 12.5 Å². The largest absolute Gasteiger partial charge is 0.344 e. The van der Waals surface area contributed by atoms with Gasteiger partial charge in [-0.05, 0) is 0 Å². The average molecular weight is 183 g/mol. The van der Waals surface area contributed by atoms with Crippen LogP contribution in [0.4, 0.5) is 0 Å². The van der Waals surface area contributed by atoms with E-state index in [2.05, 4.69) is 10.2 Å². The van der Waals surface area contributed by atoms with Crippen molar-refractivity contribution in [3.8, 4) is 0 Å². The van der Waals surface area contributed by atoms with Crippen LogP contribution in [-0.2, 0) is 12.5 Å². The molecule has 0 aromatic carbocycles. The molecule has 1 aromatic rings. The van der Waals surface area contributed by atoms with Crippen molar-refractivity contribution in [2.24, 2.45) is 7.05 Å². The number of aromatic nitrogens is 3. The predicted octanol–water partition coefficient (Wildman–Crippen LogP) is -0.234. The van der Waals surface area contributed by atoms with Gasteiger partial charge in [-0.2, -0.15) is 5.10 Å². The Balaban J connectivity index is 3.54. The van der Waals surface area contributed by atoms with Crippen LogP contribution in [0.25, 0.3) is 0 Å². The number of nitrogens with zero attached hydrogens (tertiary/aromatic N) is 2. The Morgan fingerprint density at radius 1 is 1.31 bits per heavy atom. The average Bonchev–Trinajstić information content (AvgIpc) is 1.98. The fourth-order valence-corrected chi connectivity index (χ4v) is 0.966. The standard InChI is InChI=1S/C8H13N3O2/c1-8(2,3)5-6(12)11(4)7(13)10-9-5/h1-4H3,(H,10,13). The molecule has 5 heteroatoms. The lowest BCUT2D eigenvalue weighted by molar-refractivity contribution is 0.526. The first-order valence-corrected chi connectivity index (χ1v) is 4.00. The first-order chi connectivity index (χ1) is 5.84. The molecular formula is C8H13N3O2. The van der Waals surface area contributed by atoms with Gasteiger partial charge >= 0.3 is 5.69 Å². The molecule has 1 heterocycles. The SMILES string of the molecule is Cn1c(=O)[nH]nc(C(C)(C)C)c1=O. The van der Waals surface area contributed by atoms with Gasteiger partial charge in [0.05, 0.1) is 0 Å². The first-order valence-electron chi connectivity index (χ1n) is 4.00. The second kappa shape index (κ2) is 2.83. The van der Waals surface area contributed by atoms with E-state index < -0.39 is 5.69 Å². The van der Waals surface area contributed by atoms with E-state index in [-0.39, 0.29) is 11.0 Å². The fourth-order valence-electron chi connectivity index (χ4n) is 0.966. The zero-order valence-corrected chi connectivity index (χ0v) is 8.21. The second-order valence-electron chi connectivity index (χ2n) is 3.99. The Labute approximate surface area is 75.4 Å². The van der Waals surface area contributed by atoms with Crippen molar-refractivity contribution in [3.63, 3.8) is 0 Å². The molecule has 1 N–H and O–H groups in total. The van der Waals surface area contributed by atoms with E-state index in [0.29, 0.717) is 5.69 Å². The maximum atomic E-state index is 11.5. The Kier molecular flexibility index (Phi) is 2.11. The summed E-state index contributed by atoms with van der Waals surface area (Å²) in [6.07, 6.45) is 0. The molecule has 0 aliphatic heterocycles. The van der Waals surface area contributed by atoms with E-state index in [1.807, 2.05) is 20.8 Å². The molecule has 0 saturated heterocycles. The van der Waals surface area contributed by atoms with Gasteiger partial charge in [-0.15, -0.1) is 0 Å². The monoisotopic (exact) mass is 183 g/mol. The van der Waals surface area contributed by atoms with Crippen LogP contribution >= 0.6 is 0 Å². The maximum Gasteiger partial charge on any atom is 0.344 e. The van der Waals surface area contributed by atoms with E-state index in [9.17, 15) is 9.59 Å². The van der Waals surface area contributed by atoms with Gasteiger partial charge in [0.1, 0.15) is 5.69 Å². The van der Waals surface area contributed by atoms with Crippen molar-refractivity contribution >= 4 is 0 Å². The molecule has 0 spiro atoms. The highest BCUT2D eigenvalue weighted by Gasteiger charge is 2.20. The fraction of sp³-hybridized carbons (Fsp3) is 0.625. The molecule has 1 rings (SSSR count). The number of hydrogen-bond donors (Lipinski definition) is 1. The molecule has 0 aliphatic carbocycles. The van der Waals surface area contributed by atoms with Gasteiger partial charge in [0.15, 0.2) is 0 Å². The van der Waals surface area contributed by atoms with Crippen molar-refractivity contribution in [2.45, 2.75) is 26.2 Å². The van der Waals surface area contributed by atoms with E-state index >= 15 is 0 Å². The smallest absolute Gasteiger partial charge is 0.267 e. The van der Waals surface area contributed by atoms with Crippen molar-refractivity contribution in [3.05, 3.63) is 26.5 Å². The molecule has 0 atom stereocenters. The predicted molar refractivity (Wildman–Crippen MR) is 48.8 cm³/mol. The zero-order chi connectivity index (χ0) is 10.2. The summed E-state index contributed by atoms with van der Waals surface area (Å²) in [6, 6.07) is 0. The Morgan fingerprint density at radius 3 is 2.31 bits per heavy atom. The molecule has 0 aliphatic rings. The summed E-state index contributed by atoms with van der Waals surface area (Å²) >= 11 is 0. The molecule has 5 nitrogen and oxygen atoms in total. The lowest BCUT2D eigenvalue weighted by Crippen LogP contribution is -2.40. The van der Waals surface area contributed by atoms with E-state index in [1.165, 1.54) is 7.05 Å². The van der Waals surface area contributed by atoms with Gasteiger partial charge < -0.3 is 0 Å². The summed E-state index contributed by atoms with van der Waals surface area (Å²) in [7, 11) is 1.43. The molecule has 0 unspecified atom stereocenters. The van der Waals surface area contributed by atoms with Gasteiger partial charge in [-0.1, -0.05) is 20.8 Å². The summed E-state index contributed by atoms with van der Waals surface area (Å²) in [5.74, 6) is 0. The third-order valence-electron chi connectivity index (χ3n) is 1.79. The summed E-state index contributed by atoms with van der Waals surface area (Å²) < 4.78 is 1.02. The molecule has 0 radical (unpaired) electrons. The Morgan fingerprint density at radius 2 is 1.85 bits per heavy atom. The maximum absolute atomic E-state index is 11.5. The van der Waals surface area contributed by atoms with Gasteiger partial charge in [0.25, 0.3) is 5.56 Å². The van der Waals surface area contributed by atoms with Crippen LogP contribution in [-0.4, -0.2) is 14.8 Å². The lowest BCUT2D eigenvalue weighted by Gasteiger charge is -2.15. The molecule has 0 saturated carbocycles. The van der Waals surface area contributed by atoms with Crippen LogP contribution in [0.2, 0.25) is 0 Å². The van der Waals surface area contributed by atoms with Crippen LogP contribution in [0.5, 0.6) is 0 Å². The van der Waals surface area contributed by atoms with Gasteiger partial charge in [-0.25, -0.2) is 9.89 Å². The number of H-pyrrole nitrogens is 1. The van der Waals surface area contributed by atoms with Crippen LogP contribution in [0.3, 0.4) is 0 Å². The highest BCUT2D eigenvalue weighted by atomic mass is 16.2. The van der Waals surface area contributed by atoms with Crippen LogP contribution in [0.15, 0.2) is 9.59 Å². The van der Waals surface area contributed by atoms with Crippen LogP contribution in [0.1, 0.15) is 26.5 Å². The van der Waals surface area contributed by atoms with E-state index in [4.69, 9.17) is 0 Å². The minimum atomic E-state index is -0.488. The van der Waals surface area contributed by atoms with E-state index in [0.717, 1.165) is 4.57 Å². The Hall–Kier alpha value is -1.39. The van der Waals surface area contributed by atoms with Crippen molar-refractivity contribution in [2.75, 3.05) is 0 Å². The quantitative estimate of drug-likeness (QED) is 0.604. The third kappa shape index (κ3) is 1.68. The van der Waals surface area contributed by atoms with E-state index in [1.54, 1.807) is 0 Å². The lowest BCUT2D eigenvalue weighted by atomic mass is 9.93. The normalized spacial score (nSPS) is 11.7. The minimum Gasteiger partial charge on any atom is -0.267 e.